The summed E-state index contributed by atoms with van der Waals surface area (Å²) in [5.74, 6) is 0. The molecule has 7 nitrogen and oxygen atoms in total. The number of aromatic nitrogens is 4. The molecule has 8 heteroatoms. The van der Waals surface area contributed by atoms with Crippen LogP contribution in [0.1, 0.15) is 38.7 Å². The van der Waals surface area contributed by atoms with Crippen LogP contribution in [-0.2, 0) is 7.05 Å². The number of rotatable bonds is 5. The summed E-state index contributed by atoms with van der Waals surface area (Å²) in [4.78, 5) is 3.39. The number of thioether (sulfide) groups is 1. The van der Waals surface area contributed by atoms with Gasteiger partial charge in [-0.3, -0.25) is 4.68 Å². The Kier molecular flexibility index (Phi) is 7.91. The van der Waals surface area contributed by atoms with Crippen molar-refractivity contribution >= 4 is 17.3 Å². The molecular weight excluding hydrogens is 396 g/mol. The molecule has 0 aromatic carbocycles. The third-order valence-electron chi connectivity index (χ3n) is 4.96. The van der Waals surface area contributed by atoms with Gasteiger partial charge in [-0.05, 0) is 32.0 Å². The van der Waals surface area contributed by atoms with Gasteiger partial charge in [-0.25, -0.2) is 4.52 Å². The van der Waals surface area contributed by atoms with E-state index in [9.17, 15) is 5.26 Å². The predicted octanol–water partition coefficient (Wildman–Crippen LogP) is 3.57. The summed E-state index contributed by atoms with van der Waals surface area (Å²) in [5, 5.41) is 26.8. The molecule has 1 saturated heterocycles. The number of pyridine rings is 1. The van der Waals surface area contributed by atoms with Gasteiger partial charge in [0.05, 0.1) is 30.1 Å². The van der Waals surface area contributed by atoms with Gasteiger partial charge in [0.25, 0.3) is 0 Å². The van der Waals surface area contributed by atoms with Crippen LogP contribution in [0.2, 0.25) is 0 Å². The van der Waals surface area contributed by atoms with E-state index in [1.807, 2.05) is 25.6 Å². The second-order valence-corrected chi connectivity index (χ2v) is 9.37. The molecule has 0 bridgehead atoms. The standard InChI is InChI=1S/C15H15N5S.C7H15NO/c1-10(2)21-14-4-11(13-7-17-19(3)8-13)9-20-15(14)12(5-16)6-18-20;9-7-6-8-4-2-1-3-5-8/h4,6-10H,1-3H3;9H,1-7H2. The Labute approximate surface area is 182 Å². The maximum Gasteiger partial charge on any atom is 0.103 e. The van der Waals surface area contributed by atoms with Gasteiger partial charge in [-0.15, -0.1) is 11.8 Å². The number of hydrogen-bond donors (Lipinski definition) is 1. The van der Waals surface area contributed by atoms with Crippen LogP contribution >= 0.6 is 11.8 Å². The maximum atomic E-state index is 9.25. The first-order valence-corrected chi connectivity index (χ1v) is 11.3. The number of fused-ring (bicyclic) bond motifs is 1. The van der Waals surface area contributed by atoms with Gasteiger partial charge in [0.15, 0.2) is 0 Å². The average molecular weight is 427 g/mol. The summed E-state index contributed by atoms with van der Waals surface area (Å²) in [7, 11) is 1.90. The molecule has 4 heterocycles. The van der Waals surface area contributed by atoms with Gasteiger partial charge in [0.2, 0.25) is 0 Å². The average Bonchev–Trinajstić information content (AvgIpc) is 3.35. The third kappa shape index (κ3) is 5.63. The summed E-state index contributed by atoms with van der Waals surface area (Å²) in [6.07, 6.45) is 11.4. The number of piperidine rings is 1. The molecule has 0 unspecified atom stereocenters. The van der Waals surface area contributed by atoms with Gasteiger partial charge >= 0.3 is 0 Å². The first kappa shape index (κ1) is 22.3. The number of nitriles is 1. The maximum absolute atomic E-state index is 9.25. The van der Waals surface area contributed by atoms with Crippen LogP contribution in [0.5, 0.6) is 0 Å². The predicted molar refractivity (Wildman–Crippen MR) is 120 cm³/mol. The highest BCUT2D eigenvalue weighted by molar-refractivity contribution is 8.00. The van der Waals surface area contributed by atoms with Crippen LogP contribution in [0, 0.1) is 11.3 Å². The van der Waals surface area contributed by atoms with Crippen LogP contribution in [0.15, 0.2) is 35.7 Å². The van der Waals surface area contributed by atoms with Gasteiger partial charge in [-0.2, -0.15) is 15.5 Å². The van der Waals surface area contributed by atoms with E-state index in [1.54, 1.807) is 27.2 Å². The zero-order chi connectivity index (χ0) is 21.5. The van der Waals surface area contributed by atoms with Crippen molar-refractivity contribution in [2.75, 3.05) is 26.2 Å². The lowest BCUT2D eigenvalue weighted by atomic mass is 10.1. The van der Waals surface area contributed by atoms with Crippen molar-refractivity contribution in [1.82, 2.24) is 24.3 Å². The summed E-state index contributed by atoms with van der Waals surface area (Å²) in [5.41, 5.74) is 3.57. The number of aliphatic hydroxyl groups excluding tert-OH is 1. The number of β-amino-alcohol motifs (C(OH)–C–C–N with tert-alkyl or cyclic N) is 1. The molecule has 0 amide bonds. The lowest BCUT2D eigenvalue weighted by molar-refractivity contribution is 0.173. The fourth-order valence-electron chi connectivity index (χ4n) is 3.56. The minimum Gasteiger partial charge on any atom is -0.395 e. The molecule has 0 spiro atoms. The molecule has 0 saturated carbocycles. The summed E-state index contributed by atoms with van der Waals surface area (Å²) in [6, 6.07) is 4.32. The first-order chi connectivity index (χ1) is 14.5. The highest BCUT2D eigenvalue weighted by Gasteiger charge is 2.14. The smallest absolute Gasteiger partial charge is 0.103 e. The summed E-state index contributed by atoms with van der Waals surface area (Å²) >= 11 is 1.74. The van der Waals surface area contributed by atoms with Crippen molar-refractivity contribution in [1.29, 1.82) is 5.26 Å². The van der Waals surface area contributed by atoms with Crippen molar-refractivity contribution in [3.8, 4) is 17.2 Å². The van der Waals surface area contributed by atoms with Crippen LogP contribution in [0.25, 0.3) is 16.6 Å². The van der Waals surface area contributed by atoms with Crippen LogP contribution < -0.4 is 0 Å². The Hall–Kier alpha value is -2.34. The van der Waals surface area contributed by atoms with E-state index < -0.39 is 0 Å². The highest BCUT2D eigenvalue weighted by Crippen LogP contribution is 2.33. The zero-order valence-corrected chi connectivity index (χ0v) is 18.8. The number of aryl methyl sites for hydroxylation is 1. The molecule has 1 N–H and O–H groups in total. The zero-order valence-electron chi connectivity index (χ0n) is 18.0. The Balaban J connectivity index is 0.000000239. The molecule has 1 aliphatic rings. The third-order valence-corrected chi connectivity index (χ3v) is 6.00. The number of aliphatic hydroxyl groups is 1. The molecule has 30 heavy (non-hydrogen) atoms. The first-order valence-electron chi connectivity index (χ1n) is 10.4. The van der Waals surface area contributed by atoms with E-state index in [1.165, 1.54) is 32.4 Å². The quantitative estimate of drug-likeness (QED) is 0.628. The van der Waals surface area contributed by atoms with E-state index >= 15 is 0 Å². The van der Waals surface area contributed by atoms with Crippen LogP contribution in [0.3, 0.4) is 0 Å². The minimum atomic E-state index is 0.319. The molecule has 4 rings (SSSR count). The van der Waals surface area contributed by atoms with E-state index in [-0.39, 0.29) is 0 Å². The summed E-state index contributed by atoms with van der Waals surface area (Å²) < 4.78 is 3.56. The fraction of sp³-hybridized carbons (Fsp3) is 0.500. The van der Waals surface area contributed by atoms with Gasteiger partial charge < -0.3 is 10.0 Å². The molecule has 1 fully saturated rings. The summed E-state index contributed by atoms with van der Waals surface area (Å²) in [6.45, 7) is 7.86. The Bertz CT molecular complexity index is 994. The Morgan fingerprint density at radius 2 is 1.90 bits per heavy atom. The SMILES string of the molecule is CC(C)Sc1cc(-c2cnn(C)c2)cn2ncc(C#N)c12.OCCN1CCCCC1. The molecule has 1 aliphatic heterocycles. The Morgan fingerprint density at radius 1 is 1.13 bits per heavy atom. The number of hydrogen-bond acceptors (Lipinski definition) is 6. The van der Waals surface area contributed by atoms with Gasteiger partial charge in [-0.1, -0.05) is 20.3 Å². The van der Waals surface area contributed by atoms with Crippen molar-refractivity contribution in [2.24, 2.45) is 7.05 Å². The second-order valence-electron chi connectivity index (χ2n) is 7.75. The van der Waals surface area contributed by atoms with Crippen LogP contribution in [-0.4, -0.2) is 60.9 Å². The Morgan fingerprint density at radius 3 is 2.50 bits per heavy atom. The van der Waals surface area contributed by atoms with E-state index in [2.05, 4.69) is 41.1 Å². The molecule has 3 aromatic rings. The monoisotopic (exact) mass is 426 g/mol. The highest BCUT2D eigenvalue weighted by atomic mass is 32.2. The van der Waals surface area contributed by atoms with E-state index in [0.29, 0.717) is 17.4 Å². The molecule has 0 radical (unpaired) electrons. The second kappa shape index (κ2) is 10.6. The molecule has 0 aliphatic carbocycles. The van der Waals surface area contributed by atoms with Crippen molar-refractivity contribution in [2.45, 2.75) is 43.3 Å². The lowest BCUT2D eigenvalue weighted by Gasteiger charge is -2.25. The fourth-order valence-corrected chi connectivity index (χ4v) is 4.58. The van der Waals surface area contributed by atoms with Crippen molar-refractivity contribution < 1.29 is 5.11 Å². The molecule has 3 aromatic heterocycles. The lowest BCUT2D eigenvalue weighted by Crippen LogP contribution is -2.31. The number of likely N-dealkylation sites (tertiary alicyclic amines) is 1. The van der Waals surface area contributed by atoms with E-state index in [0.717, 1.165) is 28.1 Å². The number of nitrogens with zero attached hydrogens (tertiary/aromatic N) is 6. The molecule has 160 valence electrons. The largest absolute Gasteiger partial charge is 0.395 e. The van der Waals surface area contributed by atoms with E-state index in [4.69, 9.17) is 5.11 Å². The normalized spacial score (nSPS) is 14.5. The minimum absolute atomic E-state index is 0.319. The van der Waals surface area contributed by atoms with Crippen LogP contribution in [0.4, 0.5) is 0 Å². The van der Waals surface area contributed by atoms with Crippen molar-refractivity contribution in [3.05, 3.63) is 36.4 Å². The van der Waals surface area contributed by atoms with Gasteiger partial charge in [0.1, 0.15) is 6.07 Å². The van der Waals surface area contributed by atoms with Gasteiger partial charge in [0, 0.05) is 47.3 Å². The topological polar surface area (TPSA) is 82.4 Å². The molecule has 0 atom stereocenters. The molecular formula is C22H30N6OS. The van der Waals surface area contributed by atoms with Crippen molar-refractivity contribution in [3.63, 3.8) is 0 Å².